The lowest BCUT2D eigenvalue weighted by Crippen LogP contribution is -2.45. The minimum absolute atomic E-state index is 0.223. The highest BCUT2D eigenvalue weighted by Gasteiger charge is 2.24. The van der Waals surface area contributed by atoms with Gasteiger partial charge in [0.1, 0.15) is 5.82 Å². The SMILES string of the molecule is COC(=O)N1CCC[C@H](Nc2nc(C(C)C)ns2)C1. The third-order valence-corrected chi connectivity index (χ3v) is 3.80. The summed E-state index contributed by atoms with van der Waals surface area (Å²) in [6.07, 6.45) is 1.75. The number of ether oxygens (including phenoxy) is 1. The number of likely N-dealkylation sites (tertiary alicyclic amines) is 1. The standard InChI is InChI=1S/C12H20N4O2S/c1-8(2)10-14-11(19-15-10)13-9-5-4-6-16(7-9)12(17)18-3/h8-9H,4-7H2,1-3H3,(H,13,14,15)/t9-/m0/s1. The number of nitrogens with one attached hydrogen (secondary N) is 1. The number of carbonyl (C=O) groups is 1. The Morgan fingerprint density at radius 3 is 3.00 bits per heavy atom. The monoisotopic (exact) mass is 284 g/mol. The summed E-state index contributed by atoms with van der Waals surface area (Å²) in [5, 5.41) is 4.19. The van der Waals surface area contributed by atoms with Gasteiger partial charge in [0.05, 0.1) is 7.11 Å². The Labute approximate surface area is 117 Å². The van der Waals surface area contributed by atoms with Gasteiger partial charge in [0.15, 0.2) is 0 Å². The van der Waals surface area contributed by atoms with Crippen molar-refractivity contribution < 1.29 is 9.53 Å². The van der Waals surface area contributed by atoms with Crippen molar-refractivity contribution in [3.8, 4) is 0 Å². The van der Waals surface area contributed by atoms with Crippen molar-refractivity contribution in [2.75, 3.05) is 25.5 Å². The summed E-state index contributed by atoms with van der Waals surface area (Å²) in [5.41, 5.74) is 0. The first-order valence-electron chi connectivity index (χ1n) is 6.53. The summed E-state index contributed by atoms with van der Waals surface area (Å²) in [6, 6.07) is 0.223. The molecule has 19 heavy (non-hydrogen) atoms. The third-order valence-electron chi connectivity index (χ3n) is 3.14. The highest BCUT2D eigenvalue weighted by atomic mass is 32.1. The average molecular weight is 284 g/mol. The molecule has 0 bridgehead atoms. The summed E-state index contributed by atoms with van der Waals surface area (Å²) >= 11 is 1.38. The zero-order valence-corrected chi connectivity index (χ0v) is 12.4. The largest absolute Gasteiger partial charge is 0.453 e. The molecular weight excluding hydrogens is 264 g/mol. The van der Waals surface area contributed by atoms with E-state index in [9.17, 15) is 4.79 Å². The maximum atomic E-state index is 11.5. The highest BCUT2D eigenvalue weighted by molar-refractivity contribution is 7.09. The Morgan fingerprint density at radius 2 is 2.37 bits per heavy atom. The predicted octanol–water partition coefficient (Wildman–Crippen LogP) is 2.30. The molecular formula is C12H20N4O2S. The zero-order valence-electron chi connectivity index (χ0n) is 11.5. The molecule has 106 valence electrons. The number of rotatable bonds is 3. The van der Waals surface area contributed by atoms with Gasteiger partial charge in [-0.2, -0.15) is 4.37 Å². The van der Waals surface area contributed by atoms with Gasteiger partial charge >= 0.3 is 6.09 Å². The van der Waals surface area contributed by atoms with E-state index in [1.165, 1.54) is 18.6 Å². The van der Waals surface area contributed by atoms with Crippen molar-refractivity contribution in [2.24, 2.45) is 0 Å². The van der Waals surface area contributed by atoms with Crippen LogP contribution in [0.15, 0.2) is 0 Å². The normalized spacial score (nSPS) is 19.6. The van der Waals surface area contributed by atoms with Gasteiger partial charge in [-0.3, -0.25) is 0 Å². The van der Waals surface area contributed by atoms with Crippen LogP contribution in [-0.4, -0.2) is 46.6 Å². The molecule has 1 saturated heterocycles. The van der Waals surface area contributed by atoms with Crippen molar-refractivity contribution in [3.63, 3.8) is 0 Å². The van der Waals surface area contributed by atoms with Gasteiger partial charge in [0, 0.05) is 36.6 Å². The molecule has 0 saturated carbocycles. The number of hydrogen-bond acceptors (Lipinski definition) is 6. The maximum Gasteiger partial charge on any atom is 0.409 e. The second-order valence-corrected chi connectivity index (χ2v) is 5.76. The van der Waals surface area contributed by atoms with Gasteiger partial charge in [0.2, 0.25) is 5.13 Å². The fourth-order valence-electron chi connectivity index (χ4n) is 2.09. The Kier molecular flexibility index (Phi) is 4.57. The summed E-state index contributed by atoms with van der Waals surface area (Å²) in [5.74, 6) is 1.21. The van der Waals surface area contributed by atoms with Crippen molar-refractivity contribution in [2.45, 2.75) is 38.6 Å². The Bertz CT molecular complexity index is 435. The molecule has 6 nitrogen and oxygen atoms in total. The fourth-order valence-corrected chi connectivity index (χ4v) is 2.88. The van der Waals surface area contributed by atoms with Crippen LogP contribution in [0, 0.1) is 0 Å². The molecule has 0 spiro atoms. The molecule has 1 fully saturated rings. The van der Waals surface area contributed by atoms with Crippen LogP contribution in [0.4, 0.5) is 9.93 Å². The summed E-state index contributed by atoms with van der Waals surface area (Å²) < 4.78 is 9.07. The number of carbonyl (C=O) groups excluding carboxylic acids is 1. The van der Waals surface area contributed by atoms with Crippen molar-refractivity contribution in [1.82, 2.24) is 14.3 Å². The molecule has 2 rings (SSSR count). The van der Waals surface area contributed by atoms with Gasteiger partial charge in [-0.15, -0.1) is 0 Å². The minimum atomic E-state index is -0.258. The molecule has 1 atom stereocenters. The quantitative estimate of drug-likeness (QED) is 0.922. The topological polar surface area (TPSA) is 67.3 Å². The zero-order chi connectivity index (χ0) is 13.8. The van der Waals surface area contributed by atoms with Gasteiger partial charge < -0.3 is 15.0 Å². The van der Waals surface area contributed by atoms with Gasteiger partial charge in [-0.1, -0.05) is 13.8 Å². The van der Waals surface area contributed by atoms with E-state index in [-0.39, 0.29) is 12.1 Å². The van der Waals surface area contributed by atoms with Crippen LogP contribution in [0.3, 0.4) is 0 Å². The van der Waals surface area contributed by atoms with Crippen LogP contribution in [0.5, 0.6) is 0 Å². The molecule has 1 aliphatic heterocycles. The van der Waals surface area contributed by atoms with Crippen molar-refractivity contribution in [3.05, 3.63) is 5.82 Å². The van der Waals surface area contributed by atoms with E-state index in [0.29, 0.717) is 12.5 Å². The average Bonchev–Trinajstić information content (AvgIpc) is 2.87. The third kappa shape index (κ3) is 3.56. The highest BCUT2D eigenvalue weighted by Crippen LogP contribution is 2.21. The molecule has 1 aromatic heterocycles. The molecule has 0 aliphatic carbocycles. The summed E-state index contributed by atoms with van der Waals surface area (Å²) in [7, 11) is 1.42. The second-order valence-electron chi connectivity index (χ2n) is 5.01. The van der Waals surface area contributed by atoms with E-state index >= 15 is 0 Å². The van der Waals surface area contributed by atoms with Gasteiger partial charge in [-0.05, 0) is 12.8 Å². The second kappa shape index (κ2) is 6.18. The molecule has 7 heteroatoms. The van der Waals surface area contributed by atoms with E-state index in [0.717, 1.165) is 30.3 Å². The first kappa shape index (κ1) is 14.0. The molecule has 2 heterocycles. The summed E-state index contributed by atoms with van der Waals surface area (Å²) in [6.45, 7) is 5.57. The van der Waals surface area contributed by atoms with Crippen molar-refractivity contribution >= 4 is 22.8 Å². The van der Waals surface area contributed by atoms with Crippen LogP contribution in [-0.2, 0) is 4.74 Å². The molecule has 0 radical (unpaired) electrons. The van der Waals surface area contributed by atoms with Gasteiger partial charge in [-0.25, -0.2) is 9.78 Å². The lowest BCUT2D eigenvalue weighted by Gasteiger charge is -2.31. The van der Waals surface area contributed by atoms with Crippen LogP contribution in [0.25, 0.3) is 0 Å². The number of aromatic nitrogens is 2. The van der Waals surface area contributed by atoms with E-state index in [2.05, 4.69) is 28.5 Å². The fraction of sp³-hybridized carbons (Fsp3) is 0.750. The maximum absolute atomic E-state index is 11.5. The Morgan fingerprint density at radius 1 is 1.58 bits per heavy atom. The number of anilines is 1. The molecule has 1 aliphatic rings. The number of nitrogens with zero attached hydrogens (tertiary/aromatic N) is 3. The molecule has 0 aromatic carbocycles. The van der Waals surface area contributed by atoms with E-state index < -0.39 is 0 Å². The van der Waals surface area contributed by atoms with E-state index in [1.54, 1.807) is 4.90 Å². The van der Waals surface area contributed by atoms with Crippen LogP contribution >= 0.6 is 11.5 Å². The number of piperidine rings is 1. The first-order valence-corrected chi connectivity index (χ1v) is 7.30. The number of hydrogen-bond donors (Lipinski definition) is 1. The molecule has 0 unspecified atom stereocenters. The minimum Gasteiger partial charge on any atom is -0.453 e. The lowest BCUT2D eigenvalue weighted by atomic mass is 10.1. The van der Waals surface area contributed by atoms with Crippen molar-refractivity contribution in [1.29, 1.82) is 0 Å². The van der Waals surface area contributed by atoms with E-state index in [1.807, 2.05) is 0 Å². The van der Waals surface area contributed by atoms with Crippen LogP contribution in [0.2, 0.25) is 0 Å². The predicted molar refractivity (Wildman–Crippen MR) is 74.6 cm³/mol. The molecule has 1 amide bonds. The molecule has 1 N–H and O–H groups in total. The van der Waals surface area contributed by atoms with Crippen LogP contribution in [0.1, 0.15) is 38.4 Å². The molecule has 1 aromatic rings. The Balaban J connectivity index is 1.92. The van der Waals surface area contributed by atoms with Gasteiger partial charge in [0.25, 0.3) is 0 Å². The smallest absolute Gasteiger partial charge is 0.409 e. The lowest BCUT2D eigenvalue weighted by molar-refractivity contribution is 0.113. The number of amides is 1. The van der Waals surface area contributed by atoms with E-state index in [4.69, 9.17) is 4.74 Å². The Hall–Kier alpha value is -1.37. The van der Waals surface area contributed by atoms with Crippen LogP contribution < -0.4 is 5.32 Å². The summed E-state index contributed by atoms with van der Waals surface area (Å²) in [4.78, 5) is 17.7. The first-order chi connectivity index (χ1) is 9.10. The number of methoxy groups -OCH3 is 1.